The number of carbonyl (C=O) groups is 1. The fourth-order valence-corrected chi connectivity index (χ4v) is 4.24. The van der Waals surface area contributed by atoms with Gasteiger partial charge >= 0.3 is 0 Å². The molecule has 0 saturated carbocycles. The Morgan fingerprint density at radius 2 is 1.88 bits per heavy atom. The second-order valence-electron chi connectivity index (χ2n) is 7.37. The molecule has 0 radical (unpaired) electrons. The van der Waals surface area contributed by atoms with Crippen LogP contribution in [0.15, 0.2) is 78.6 Å². The Bertz CT molecular complexity index is 1410. The minimum atomic E-state index is -0.444. The fourth-order valence-electron chi connectivity index (χ4n) is 3.52. The molecule has 0 saturated heterocycles. The van der Waals surface area contributed by atoms with Crippen molar-refractivity contribution in [3.8, 4) is 16.9 Å². The number of para-hydroxylation sites is 1. The maximum atomic E-state index is 12.7. The minimum absolute atomic E-state index is 0.000470. The molecule has 0 bridgehead atoms. The lowest BCUT2D eigenvalue weighted by molar-refractivity contribution is -0.384. The zero-order valence-electron chi connectivity index (χ0n) is 17.3. The molecule has 0 spiro atoms. The van der Waals surface area contributed by atoms with E-state index in [0.29, 0.717) is 17.8 Å². The van der Waals surface area contributed by atoms with Crippen LogP contribution in [0.4, 0.5) is 5.69 Å². The number of hydrogen-bond donors (Lipinski definition) is 1. The number of thiazole rings is 1. The summed E-state index contributed by atoms with van der Waals surface area (Å²) in [5, 5.41) is 20.5. The molecule has 9 nitrogen and oxygen atoms in total. The van der Waals surface area contributed by atoms with Crippen LogP contribution in [0.3, 0.4) is 0 Å². The van der Waals surface area contributed by atoms with E-state index in [1.807, 2.05) is 58.7 Å². The van der Waals surface area contributed by atoms with Crippen molar-refractivity contribution in [3.63, 3.8) is 0 Å². The highest BCUT2D eigenvalue weighted by atomic mass is 32.1. The first-order valence-corrected chi connectivity index (χ1v) is 11.0. The Balaban J connectivity index is 1.39. The molecule has 3 aromatic heterocycles. The van der Waals surface area contributed by atoms with Gasteiger partial charge in [-0.2, -0.15) is 5.10 Å². The van der Waals surface area contributed by atoms with Crippen LogP contribution in [0, 0.1) is 10.1 Å². The van der Waals surface area contributed by atoms with E-state index in [0.717, 1.165) is 21.9 Å². The third-order valence-corrected chi connectivity index (χ3v) is 5.89. The Kier molecular flexibility index (Phi) is 5.41. The van der Waals surface area contributed by atoms with Crippen LogP contribution in [0.5, 0.6) is 0 Å². The van der Waals surface area contributed by atoms with Gasteiger partial charge in [0, 0.05) is 47.2 Å². The van der Waals surface area contributed by atoms with Gasteiger partial charge in [-0.05, 0) is 24.3 Å². The molecule has 0 unspecified atom stereocenters. The number of amides is 1. The van der Waals surface area contributed by atoms with Gasteiger partial charge in [0.05, 0.1) is 35.0 Å². The molecule has 0 fully saturated rings. The lowest BCUT2D eigenvalue weighted by atomic mass is 10.1. The number of nitro groups is 1. The summed E-state index contributed by atoms with van der Waals surface area (Å²) >= 11 is 1.53. The molecule has 1 amide bonds. The second kappa shape index (κ2) is 8.67. The van der Waals surface area contributed by atoms with Gasteiger partial charge in [0.15, 0.2) is 4.96 Å². The van der Waals surface area contributed by atoms with Gasteiger partial charge in [-0.3, -0.25) is 19.3 Å². The van der Waals surface area contributed by atoms with E-state index in [2.05, 4.69) is 15.4 Å². The van der Waals surface area contributed by atoms with Gasteiger partial charge in [-0.1, -0.05) is 18.2 Å². The summed E-state index contributed by atoms with van der Waals surface area (Å²) in [4.78, 5) is 28.7. The highest BCUT2D eigenvalue weighted by molar-refractivity contribution is 7.15. The maximum Gasteiger partial charge on any atom is 0.269 e. The second-order valence-corrected chi connectivity index (χ2v) is 8.24. The number of benzene rings is 2. The SMILES string of the molecule is O=C(Cc1cn(-c2ccccc2)nc1-c1ccc([N+](=O)[O-])cc1)NCc1cn2ccsc2n1. The number of nitro benzene ring substituents is 1. The van der Waals surface area contributed by atoms with Crippen LogP contribution < -0.4 is 5.32 Å². The molecule has 1 N–H and O–H groups in total. The summed E-state index contributed by atoms with van der Waals surface area (Å²) in [6.45, 7) is 0.326. The Hall–Kier alpha value is -4.31. The third-order valence-electron chi connectivity index (χ3n) is 5.12. The average Bonchev–Trinajstić information content (AvgIpc) is 3.53. The quantitative estimate of drug-likeness (QED) is 0.293. The summed E-state index contributed by atoms with van der Waals surface area (Å²) in [7, 11) is 0. The van der Waals surface area contributed by atoms with E-state index >= 15 is 0 Å². The zero-order valence-corrected chi connectivity index (χ0v) is 18.1. The average molecular weight is 459 g/mol. The number of hydrogen-bond acceptors (Lipinski definition) is 6. The fraction of sp³-hybridized carbons (Fsp3) is 0.0870. The molecule has 3 heterocycles. The van der Waals surface area contributed by atoms with E-state index < -0.39 is 4.92 Å². The molecule has 0 aliphatic carbocycles. The van der Waals surface area contributed by atoms with E-state index in [1.54, 1.807) is 16.8 Å². The maximum absolute atomic E-state index is 12.7. The van der Waals surface area contributed by atoms with E-state index in [4.69, 9.17) is 0 Å². The number of aromatic nitrogens is 4. The normalized spacial score (nSPS) is 11.0. The largest absolute Gasteiger partial charge is 0.350 e. The monoisotopic (exact) mass is 458 g/mol. The summed E-state index contributed by atoms with van der Waals surface area (Å²) in [6, 6.07) is 15.7. The Labute approximate surface area is 192 Å². The van der Waals surface area contributed by atoms with Gasteiger partial charge in [-0.25, -0.2) is 9.67 Å². The van der Waals surface area contributed by atoms with Gasteiger partial charge in [0.2, 0.25) is 5.91 Å². The molecule has 0 aliphatic heterocycles. The molecular weight excluding hydrogens is 440 g/mol. The number of non-ortho nitro benzene ring substituents is 1. The summed E-state index contributed by atoms with van der Waals surface area (Å²) in [5.41, 5.74) is 3.66. The van der Waals surface area contributed by atoms with Gasteiger partial charge in [0.25, 0.3) is 5.69 Å². The number of rotatable bonds is 7. The minimum Gasteiger partial charge on any atom is -0.350 e. The number of nitrogens with one attached hydrogen (secondary N) is 1. The first-order valence-electron chi connectivity index (χ1n) is 10.1. The highest BCUT2D eigenvalue weighted by Crippen LogP contribution is 2.26. The molecule has 5 aromatic rings. The molecule has 0 aliphatic rings. The molecule has 164 valence electrons. The number of imidazole rings is 1. The van der Waals surface area contributed by atoms with E-state index in [-0.39, 0.29) is 18.0 Å². The Morgan fingerprint density at radius 1 is 1.09 bits per heavy atom. The first kappa shape index (κ1) is 20.6. The van der Waals surface area contributed by atoms with Crippen molar-refractivity contribution >= 4 is 27.9 Å². The van der Waals surface area contributed by atoms with Crippen molar-refractivity contribution < 1.29 is 9.72 Å². The smallest absolute Gasteiger partial charge is 0.269 e. The topological polar surface area (TPSA) is 107 Å². The summed E-state index contributed by atoms with van der Waals surface area (Å²) < 4.78 is 3.63. The van der Waals surface area contributed by atoms with Gasteiger partial charge in [0.1, 0.15) is 0 Å². The first-order chi connectivity index (χ1) is 16.1. The van der Waals surface area contributed by atoms with Gasteiger partial charge < -0.3 is 5.32 Å². The van der Waals surface area contributed by atoms with Crippen LogP contribution >= 0.6 is 11.3 Å². The standard InChI is InChI=1S/C23H18N6O3S/c30-21(24-13-18-15-27-10-11-33-23(27)25-18)12-17-14-28(19-4-2-1-3-5-19)26-22(17)16-6-8-20(9-7-16)29(31)32/h1-11,14-15H,12-13H2,(H,24,30). The predicted molar refractivity (Wildman–Crippen MR) is 124 cm³/mol. The van der Waals surface area contributed by atoms with Crippen molar-refractivity contribution in [3.05, 3.63) is 99.9 Å². The van der Waals surface area contributed by atoms with Crippen LogP contribution in [0.1, 0.15) is 11.3 Å². The van der Waals surface area contributed by atoms with Crippen LogP contribution in [0.2, 0.25) is 0 Å². The van der Waals surface area contributed by atoms with E-state index in [1.165, 1.54) is 23.5 Å². The summed E-state index contributed by atoms with van der Waals surface area (Å²) in [5.74, 6) is -0.165. The summed E-state index contributed by atoms with van der Waals surface area (Å²) in [6.07, 6.45) is 5.74. The third kappa shape index (κ3) is 4.37. The van der Waals surface area contributed by atoms with Crippen molar-refractivity contribution in [1.82, 2.24) is 24.5 Å². The lowest BCUT2D eigenvalue weighted by Crippen LogP contribution is -2.24. The van der Waals surface area contributed by atoms with Crippen molar-refractivity contribution in [1.29, 1.82) is 0 Å². The molecule has 2 aromatic carbocycles. The molecule has 10 heteroatoms. The zero-order chi connectivity index (χ0) is 22.8. The lowest BCUT2D eigenvalue weighted by Gasteiger charge is -2.04. The van der Waals surface area contributed by atoms with Crippen LogP contribution in [-0.2, 0) is 17.8 Å². The van der Waals surface area contributed by atoms with Crippen molar-refractivity contribution in [2.45, 2.75) is 13.0 Å². The number of nitrogens with zero attached hydrogens (tertiary/aromatic N) is 5. The predicted octanol–water partition coefficient (Wildman–Crippen LogP) is 4.02. The van der Waals surface area contributed by atoms with Crippen molar-refractivity contribution in [2.24, 2.45) is 0 Å². The van der Waals surface area contributed by atoms with E-state index in [9.17, 15) is 14.9 Å². The Morgan fingerprint density at radius 3 is 2.61 bits per heavy atom. The number of carbonyl (C=O) groups excluding carboxylic acids is 1. The molecule has 5 rings (SSSR count). The van der Waals surface area contributed by atoms with Crippen LogP contribution in [-0.4, -0.2) is 30.0 Å². The molecule has 33 heavy (non-hydrogen) atoms. The van der Waals surface area contributed by atoms with Gasteiger partial charge in [-0.15, -0.1) is 11.3 Å². The molecular formula is C23H18N6O3S. The molecule has 0 atom stereocenters. The van der Waals surface area contributed by atoms with Crippen LogP contribution in [0.25, 0.3) is 21.9 Å². The highest BCUT2D eigenvalue weighted by Gasteiger charge is 2.17. The number of fused-ring (bicyclic) bond motifs is 1. The van der Waals surface area contributed by atoms with Crippen molar-refractivity contribution in [2.75, 3.05) is 0 Å².